The summed E-state index contributed by atoms with van der Waals surface area (Å²) in [6.45, 7) is 7.42. The molecule has 1 saturated heterocycles. The molecule has 1 aliphatic heterocycles. The maximum atomic E-state index is 5.85. The molecule has 0 unspecified atom stereocenters. The largest absolute Gasteiger partial charge is 0.357 e. The molecule has 2 rings (SSSR count). The van der Waals surface area contributed by atoms with Crippen LogP contribution in [0, 0.1) is 0 Å². The van der Waals surface area contributed by atoms with Crippen LogP contribution in [0.3, 0.4) is 0 Å². The van der Waals surface area contributed by atoms with Gasteiger partial charge in [-0.25, -0.2) is 0 Å². The zero-order valence-corrected chi connectivity index (χ0v) is 9.68. The van der Waals surface area contributed by atoms with Crippen molar-refractivity contribution < 1.29 is 4.74 Å². The summed E-state index contributed by atoms with van der Waals surface area (Å²) in [6.07, 6.45) is 0.230. The molecule has 0 aliphatic carbocycles. The zero-order valence-electron chi connectivity index (χ0n) is 9.68. The summed E-state index contributed by atoms with van der Waals surface area (Å²) in [5, 5.41) is 0. The fourth-order valence-electron chi connectivity index (χ4n) is 2.23. The highest BCUT2D eigenvalue weighted by atomic mass is 16.5. The van der Waals surface area contributed by atoms with E-state index in [2.05, 4.69) is 49.9 Å². The lowest BCUT2D eigenvalue weighted by Crippen LogP contribution is -2.35. The lowest BCUT2D eigenvalue weighted by molar-refractivity contribution is 0.0819. The average molecular weight is 205 g/mol. The molecule has 0 N–H and O–H groups in total. The van der Waals surface area contributed by atoms with E-state index in [0.29, 0.717) is 12.1 Å². The minimum atomic E-state index is 0.230. The molecule has 2 heteroatoms. The molecule has 0 aromatic heterocycles. The van der Waals surface area contributed by atoms with Crippen LogP contribution in [0.2, 0.25) is 0 Å². The number of benzene rings is 1. The van der Waals surface area contributed by atoms with Crippen LogP contribution in [0.5, 0.6) is 0 Å². The molecule has 0 saturated carbocycles. The summed E-state index contributed by atoms with van der Waals surface area (Å²) < 4.78 is 5.85. The summed E-state index contributed by atoms with van der Waals surface area (Å²) in [5.74, 6) is 0. The predicted octanol–water partition coefficient (Wildman–Crippen LogP) is 2.81. The van der Waals surface area contributed by atoms with Crippen molar-refractivity contribution in [2.45, 2.75) is 39.0 Å². The third-order valence-corrected chi connectivity index (χ3v) is 3.16. The molecule has 1 aromatic carbocycles. The Labute approximate surface area is 91.9 Å². The van der Waals surface area contributed by atoms with Crippen molar-refractivity contribution in [3.8, 4) is 0 Å². The lowest BCUT2D eigenvalue weighted by Gasteiger charge is -2.25. The molecule has 1 aromatic rings. The topological polar surface area (TPSA) is 12.5 Å². The molecule has 2 nitrogen and oxygen atoms in total. The lowest BCUT2D eigenvalue weighted by atomic mass is 10.0. The Balaban J connectivity index is 2.14. The van der Waals surface area contributed by atoms with Crippen molar-refractivity contribution in [2.24, 2.45) is 0 Å². The van der Waals surface area contributed by atoms with Crippen LogP contribution < -0.4 is 0 Å². The molecule has 1 aliphatic rings. The van der Waals surface area contributed by atoms with E-state index in [1.54, 1.807) is 0 Å². The Kier molecular flexibility index (Phi) is 3.08. The molecular weight excluding hydrogens is 186 g/mol. The third kappa shape index (κ3) is 2.06. The van der Waals surface area contributed by atoms with E-state index in [9.17, 15) is 0 Å². The summed E-state index contributed by atoms with van der Waals surface area (Å²) in [4.78, 5) is 2.39. The molecule has 0 radical (unpaired) electrons. The summed E-state index contributed by atoms with van der Waals surface area (Å²) in [7, 11) is 0. The van der Waals surface area contributed by atoms with Crippen molar-refractivity contribution in [3.63, 3.8) is 0 Å². The molecule has 1 heterocycles. The molecule has 82 valence electrons. The molecule has 0 bridgehead atoms. The first-order valence-corrected chi connectivity index (χ1v) is 5.62. The molecule has 1 fully saturated rings. The van der Waals surface area contributed by atoms with Gasteiger partial charge in [-0.2, -0.15) is 0 Å². The van der Waals surface area contributed by atoms with E-state index in [-0.39, 0.29) is 6.10 Å². The predicted molar refractivity (Wildman–Crippen MR) is 61.6 cm³/mol. The highest BCUT2D eigenvalue weighted by Crippen LogP contribution is 2.31. The van der Waals surface area contributed by atoms with E-state index in [4.69, 9.17) is 4.74 Å². The molecular formula is C13H19NO. The van der Waals surface area contributed by atoms with Crippen molar-refractivity contribution in [3.05, 3.63) is 35.9 Å². The fraction of sp³-hybridized carbons (Fsp3) is 0.538. The quantitative estimate of drug-likeness (QED) is 0.736. The highest BCUT2D eigenvalue weighted by Gasteiger charge is 2.33. The summed E-state index contributed by atoms with van der Waals surface area (Å²) >= 11 is 0. The maximum Gasteiger partial charge on any atom is 0.100 e. The van der Waals surface area contributed by atoms with Crippen molar-refractivity contribution in [1.82, 2.24) is 4.90 Å². The average Bonchev–Trinajstić information content (AvgIpc) is 2.61. The maximum absolute atomic E-state index is 5.85. The molecule has 15 heavy (non-hydrogen) atoms. The van der Waals surface area contributed by atoms with Crippen LogP contribution in [0.25, 0.3) is 0 Å². The highest BCUT2D eigenvalue weighted by molar-refractivity contribution is 5.19. The molecule has 2 atom stereocenters. The second kappa shape index (κ2) is 4.33. The number of hydrogen-bond acceptors (Lipinski definition) is 2. The Morgan fingerprint density at radius 3 is 2.47 bits per heavy atom. The number of rotatable bonds is 2. The van der Waals surface area contributed by atoms with E-state index in [1.807, 2.05) is 6.07 Å². The minimum Gasteiger partial charge on any atom is -0.357 e. The monoisotopic (exact) mass is 205 g/mol. The normalized spacial score (nSPS) is 27.5. The molecule has 0 spiro atoms. The van der Waals surface area contributed by atoms with Crippen molar-refractivity contribution >= 4 is 0 Å². The fourth-order valence-corrected chi connectivity index (χ4v) is 2.23. The van der Waals surface area contributed by atoms with Gasteiger partial charge in [-0.05, 0) is 26.3 Å². The van der Waals surface area contributed by atoms with Gasteiger partial charge in [-0.15, -0.1) is 0 Å². The van der Waals surface area contributed by atoms with E-state index in [1.165, 1.54) is 5.56 Å². The van der Waals surface area contributed by atoms with Gasteiger partial charge in [-0.1, -0.05) is 30.3 Å². The second-order valence-corrected chi connectivity index (χ2v) is 4.48. The van der Waals surface area contributed by atoms with Gasteiger partial charge in [0.25, 0.3) is 0 Å². The zero-order chi connectivity index (χ0) is 10.8. The second-order valence-electron chi connectivity index (χ2n) is 4.48. The van der Waals surface area contributed by atoms with Crippen molar-refractivity contribution in [1.29, 1.82) is 0 Å². The first kappa shape index (κ1) is 10.7. The number of hydrogen-bond donors (Lipinski definition) is 0. The minimum absolute atomic E-state index is 0.230. The van der Waals surface area contributed by atoms with E-state index in [0.717, 1.165) is 6.73 Å². The Morgan fingerprint density at radius 1 is 1.27 bits per heavy atom. The van der Waals surface area contributed by atoms with Gasteiger partial charge in [0.1, 0.15) is 6.73 Å². The van der Waals surface area contributed by atoms with Crippen LogP contribution in [0.15, 0.2) is 30.3 Å². The van der Waals surface area contributed by atoms with E-state index < -0.39 is 0 Å². The van der Waals surface area contributed by atoms with Gasteiger partial charge in [-0.3, -0.25) is 4.90 Å². The van der Waals surface area contributed by atoms with Crippen molar-refractivity contribution in [2.75, 3.05) is 6.73 Å². The van der Waals surface area contributed by atoms with Crippen LogP contribution >= 0.6 is 0 Å². The SMILES string of the molecule is CC(C)N1CO[C@@H](c2ccccc2)[C@H]1C. The third-order valence-electron chi connectivity index (χ3n) is 3.16. The van der Waals surface area contributed by atoms with Crippen LogP contribution in [-0.4, -0.2) is 23.7 Å². The van der Waals surface area contributed by atoms with Crippen LogP contribution in [0.4, 0.5) is 0 Å². The van der Waals surface area contributed by atoms with Gasteiger partial charge in [0.15, 0.2) is 0 Å². The number of ether oxygens (including phenoxy) is 1. The smallest absolute Gasteiger partial charge is 0.100 e. The Bertz CT molecular complexity index is 310. The van der Waals surface area contributed by atoms with Gasteiger partial charge >= 0.3 is 0 Å². The summed E-state index contributed by atoms with van der Waals surface area (Å²) in [6, 6.07) is 11.5. The van der Waals surface area contributed by atoms with Gasteiger partial charge in [0.05, 0.1) is 6.10 Å². The standard InChI is InChI=1S/C13H19NO/c1-10(2)14-9-15-13(11(14)3)12-7-5-4-6-8-12/h4-8,10-11,13H,9H2,1-3H3/t11-,13-/m1/s1. The van der Waals surface area contributed by atoms with Gasteiger partial charge in [0.2, 0.25) is 0 Å². The van der Waals surface area contributed by atoms with Crippen LogP contribution in [-0.2, 0) is 4.74 Å². The molecule has 0 amide bonds. The Morgan fingerprint density at radius 2 is 1.93 bits per heavy atom. The first-order chi connectivity index (χ1) is 7.20. The number of nitrogens with zero attached hydrogens (tertiary/aromatic N) is 1. The van der Waals surface area contributed by atoms with Gasteiger partial charge < -0.3 is 4.74 Å². The van der Waals surface area contributed by atoms with Crippen LogP contribution in [0.1, 0.15) is 32.4 Å². The first-order valence-electron chi connectivity index (χ1n) is 5.62. The van der Waals surface area contributed by atoms with E-state index >= 15 is 0 Å². The van der Waals surface area contributed by atoms with Gasteiger partial charge in [0, 0.05) is 12.1 Å². The summed E-state index contributed by atoms with van der Waals surface area (Å²) in [5.41, 5.74) is 1.29. The Hall–Kier alpha value is -0.860.